The molecule has 1 amide bonds. The zero-order valence-electron chi connectivity index (χ0n) is 16.9. The topological polar surface area (TPSA) is 93.2 Å². The second kappa shape index (κ2) is 8.45. The SMILES string of the molecule is Cc1cccc(-n2ncc(-c3onc(-c4c(F)cccc4Cl)c3NC(=O)O)c2C(F)(F)F)c1F. The lowest BCUT2D eigenvalue weighted by Gasteiger charge is -2.13. The molecule has 0 atom stereocenters. The number of aryl methyl sites for hydroxylation is 1. The Kier molecular flexibility index (Phi) is 5.77. The minimum absolute atomic E-state index is 0.0760. The Balaban J connectivity index is 2.01. The first-order valence-electron chi connectivity index (χ1n) is 9.35. The van der Waals surface area contributed by atoms with Gasteiger partial charge < -0.3 is 9.63 Å². The van der Waals surface area contributed by atoms with E-state index in [0.717, 1.165) is 12.1 Å². The van der Waals surface area contributed by atoms with E-state index in [1.54, 1.807) is 0 Å². The number of nitrogens with zero attached hydrogens (tertiary/aromatic N) is 3. The van der Waals surface area contributed by atoms with Crippen molar-refractivity contribution < 1.29 is 36.4 Å². The normalized spacial score (nSPS) is 11.6. The van der Waals surface area contributed by atoms with E-state index in [4.69, 9.17) is 16.1 Å². The third-order valence-corrected chi connectivity index (χ3v) is 5.12. The van der Waals surface area contributed by atoms with E-state index in [-0.39, 0.29) is 10.6 Å². The molecule has 34 heavy (non-hydrogen) atoms. The molecule has 0 aliphatic rings. The molecule has 0 aliphatic carbocycles. The number of halogens is 6. The first-order chi connectivity index (χ1) is 16.0. The van der Waals surface area contributed by atoms with Crippen LogP contribution < -0.4 is 5.32 Å². The number of alkyl halides is 3. The number of rotatable bonds is 4. The summed E-state index contributed by atoms with van der Waals surface area (Å²) in [6.45, 7) is 1.37. The van der Waals surface area contributed by atoms with Gasteiger partial charge >= 0.3 is 12.3 Å². The highest BCUT2D eigenvalue weighted by Crippen LogP contribution is 2.45. The number of nitrogens with one attached hydrogen (secondary N) is 1. The molecule has 2 N–H and O–H groups in total. The molecule has 0 bridgehead atoms. The van der Waals surface area contributed by atoms with Gasteiger partial charge in [0, 0.05) is 0 Å². The molecule has 0 spiro atoms. The second-order valence-electron chi connectivity index (χ2n) is 6.99. The van der Waals surface area contributed by atoms with Crippen molar-refractivity contribution in [2.24, 2.45) is 0 Å². The molecular weight excluding hydrogens is 487 g/mol. The second-order valence-corrected chi connectivity index (χ2v) is 7.39. The van der Waals surface area contributed by atoms with Gasteiger partial charge in [-0.1, -0.05) is 35.0 Å². The molecule has 2 aromatic carbocycles. The van der Waals surface area contributed by atoms with Gasteiger partial charge in [0.05, 0.1) is 22.3 Å². The lowest BCUT2D eigenvalue weighted by atomic mass is 10.1. The third-order valence-electron chi connectivity index (χ3n) is 4.81. The third kappa shape index (κ3) is 3.96. The van der Waals surface area contributed by atoms with Gasteiger partial charge in [-0.25, -0.2) is 18.3 Å². The molecule has 176 valence electrons. The molecule has 0 radical (unpaired) electrons. The van der Waals surface area contributed by atoms with Crippen LogP contribution in [0.25, 0.3) is 28.3 Å². The molecule has 0 unspecified atom stereocenters. The Hall–Kier alpha value is -3.93. The summed E-state index contributed by atoms with van der Waals surface area (Å²) < 4.78 is 76.8. The molecule has 0 saturated carbocycles. The summed E-state index contributed by atoms with van der Waals surface area (Å²) in [4.78, 5) is 11.4. The van der Waals surface area contributed by atoms with Crippen LogP contribution in [0.15, 0.2) is 47.1 Å². The van der Waals surface area contributed by atoms with Crippen LogP contribution in [0.1, 0.15) is 11.3 Å². The molecule has 7 nitrogen and oxygen atoms in total. The smallest absolute Gasteiger partial charge is 0.434 e. The standard InChI is InChI=1S/C21H12ClF5N4O3/c1-9-4-2-7-13(15(9)24)31-19(21(25,26)27)10(8-28-31)18-17(29-20(32)33)16(30-34-18)14-11(22)5-3-6-12(14)23/h2-8,29H,1H3,(H,32,33). The molecule has 4 rings (SSSR count). The summed E-state index contributed by atoms with van der Waals surface area (Å²) in [6.07, 6.45) is -6.07. The van der Waals surface area contributed by atoms with Crippen LogP contribution in [0, 0.1) is 18.6 Å². The Morgan fingerprint density at radius 2 is 1.88 bits per heavy atom. The molecule has 0 fully saturated rings. The number of amides is 1. The van der Waals surface area contributed by atoms with Gasteiger partial charge in [0.25, 0.3) is 0 Å². The number of aromatic nitrogens is 3. The lowest BCUT2D eigenvalue weighted by molar-refractivity contribution is -0.142. The monoisotopic (exact) mass is 498 g/mol. The van der Waals surface area contributed by atoms with Crippen molar-refractivity contribution in [3.63, 3.8) is 0 Å². The Bertz CT molecular complexity index is 1390. The summed E-state index contributed by atoms with van der Waals surface area (Å²) in [5, 5.41) is 18.2. The molecular formula is C21H12ClF5N4O3. The van der Waals surface area contributed by atoms with E-state index in [1.807, 2.05) is 5.32 Å². The predicted molar refractivity (Wildman–Crippen MR) is 111 cm³/mol. The Labute approximate surface area is 192 Å². The van der Waals surface area contributed by atoms with Crippen molar-refractivity contribution in [1.29, 1.82) is 0 Å². The van der Waals surface area contributed by atoms with Crippen LogP contribution >= 0.6 is 11.6 Å². The van der Waals surface area contributed by atoms with Gasteiger partial charge in [0.1, 0.15) is 22.9 Å². The fraction of sp³-hybridized carbons (Fsp3) is 0.0952. The van der Waals surface area contributed by atoms with Gasteiger partial charge in [-0.3, -0.25) is 5.32 Å². The largest absolute Gasteiger partial charge is 0.465 e. The fourth-order valence-corrected chi connectivity index (χ4v) is 3.61. The molecule has 2 aromatic heterocycles. The van der Waals surface area contributed by atoms with Crippen LogP contribution in [0.2, 0.25) is 5.02 Å². The minimum atomic E-state index is -5.09. The van der Waals surface area contributed by atoms with Crippen molar-refractivity contribution in [3.05, 3.63) is 70.5 Å². The number of hydrogen-bond donors (Lipinski definition) is 2. The maximum atomic E-state index is 14.6. The number of anilines is 1. The molecule has 0 aliphatic heterocycles. The average molecular weight is 499 g/mol. The van der Waals surface area contributed by atoms with E-state index >= 15 is 0 Å². The zero-order chi connectivity index (χ0) is 24.8. The molecule has 0 saturated heterocycles. The van der Waals surface area contributed by atoms with Gasteiger partial charge in [-0.05, 0) is 30.7 Å². The number of carboxylic acid groups (broad SMARTS) is 1. The summed E-state index contributed by atoms with van der Waals surface area (Å²) in [5.41, 5.74) is -4.13. The number of hydrogen-bond acceptors (Lipinski definition) is 4. The van der Waals surface area contributed by atoms with Crippen LogP contribution in [0.4, 0.5) is 32.4 Å². The van der Waals surface area contributed by atoms with E-state index < -0.39 is 63.6 Å². The van der Waals surface area contributed by atoms with Crippen molar-refractivity contribution >= 4 is 23.4 Å². The van der Waals surface area contributed by atoms with Crippen molar-refractivity contribution in [3.8, 4) is 28.3 Å². The van der Waals surface area contributed by atoms with Gasteiger partial charge in [-0.15, -0.1) is 0 Å². The van der Waals surface area contributed by atoms with Crippen molar-refractivity contribution in [2.45, 2.75) is 13.1 Å². The number of carbonyl (C=O) groups is 1. The van der Waals surface area contributed by atoms with Crippen LogP contribution in [0.5, 0.6) is 0 Å². The van der Waals surface area contributed by atoms with Gasteiger partial charge in [0.2, 0.25) is 0 Å². The van der Waals surface area contributed by atoms with Gasteiger partial charge in [-0.2, -0.15) is 18.3 Å². The Morgan fingerprint density at radius 3 is 2.53 bits per heavy atom. The van der Waals surface area contributed by atoms with Crippen molar-refractivity contribution in [1.82, 2.24) is 14.9 Å². The Morgan fingerprint density at radius 1 is 1.18 bits per heavy atom. The van der Waals surface area contributed by atoms with Crippen molar-refractivity contribution in [2.75, 3.05) is 5.32 Å². The van der Waals surface area contributed by atoms with Crippen LogP contribution in [-0.4, -0.2) is 26.1 Å². The molecule has 4 aromatic rings. The first kappa shape index (κ1) is 23.2. The maximum absolute atomic E-state index is 14.6. The summed E-state index contributed by atoms with van der Waals surface area (Å²) in [5.74, 6) is -2.58. The van der Waals surface area contributed by atoms with E-state index in [9.17, 15) is 31.9 Å². The maximum Gasteiger partial charge on any atom is 0.434 e. The molecule has 2 heterocycles. The highest BCUT2D eigenvalue weighted by molar-refractivity contribution is 6.33. The van der Waals surface area contributed by atoms with E-state index in [0.29, 0.717) is 10.9 Å². The zero-order valence-corrected chi connectivity index (χ0v) is 17.7. The lowest BCUT2D eigenvalue weighted by Crippen LogP contribution is -2.16. The average Bonchev–Trinajstić information content (AvgIpc) is 3.34. The summed E-state index contributed by atoms with van der Waals surface area (Å²) >= 11 is 6.01. The predicted octanol–water partition coefficient (Wildman–Crippen LogP) is 6.54. The highest BCUT2D eigenvalue weighted by atomic mass is 35.5. The highest BCUT2D eigenvalue weighted by Gasteiger charge is 2.42. The number of benzene rings is 2. The quantitative estimate of drug-likeness (QED) is 0.311. The van der Waals surface area contributed by atoms with Crippen LogP contribution in [0.3, 0.4) is 0 Å². The minimum Gasteiger partial charge on any atom is -0.465 e. The van der Waals surface area contributed by atoms with Crippen LogP contribution in [-0.2, 0) is 6.18 Å². The van der Waals surface area contributed by atoms with Gasteiger partial charge in [0.15, 0.2) is 17.3 Å². The fourth-order valence-electron chi connectivity index (χ4n) is 3.36. The van der Waals surface area contributed by atoms with E-state index in [1.165, 1.54) is 31.2 Å². The summed E-state index contributed by atoms with van der Waals surface area (Å²) in [6, 6.07) is 7.36. The first-order valence-corrected chi connectivity index (χ1v) is 9.73. The summed E-state index contributed by atoms with van der Waals surface area (Å²) in [7, 11) is 0. The molecule has 13 heteroatoms. The van der Waals surface area contributed by atoms with E-state index in [2.05, 4.69) is 10.3 Å².